The summed E-state index contributed by atoms with van der Waals surface area (Å²) >= 11 is 0. The van der Waals surface area contributed by atoms with Crippen LogP contribution >= 0.6 is 0 Å². The zero-order valence-electron chi connectivity index (χ0n) is 14.5. The Morgan fingerprint density at radius 2 is 0.958 bits per heavy atom. The Balaban J connectivity index is 1.51. The molecule has 0 radical (unpaired) electrons. The molecule has 2 heteroatoms. The lowest BCUT2D eigenvalue weighted by Crippen LogP contribution is -1.98. The summed E-state index contributed by atoms with van der Waals surface area (Å²) in [6.45, 7) is 4.14. The quantitative estimate of drug-likeness (QED) is 0.661. The third kappa shape index (κ3) is 4.76. The average molecular weight is 316 g/mol. The van der Waals surface area contributed by atoms with Crippen molar-refractivity contribution in [3.8, 4) is 0 Å². The monoisotopic (exact) mass is 316 g/mol. The third-order valence-corrected chi connectivity index (χ3v) is 4.32. The van der Waals surface area contributed by atoms with E-state index in [0.717, 1.165) is 37.1 Å². The first kappa shape index (κ1) is 16.4. The standard InChI is InChI=1S/C22H24N2/c1-17-3-5-19(6-4-17)7-8-20-9-11-21(12-10-20)13-14-22-23-15-18(2)16-24-22/h3-6,9-12,15-16H,7-8,13-14H2,1-2H3. The summed E-state index contributed by atoms with van der Waals surface area (Å²) in [6, 6.07) is 17.8. The molecule has 0 amide bonds. The third-order valence-electron chi connectivity index (χ3n) is 4.32. The highest BCUT2D eigenvalue weighted by Crippen LogP contribution is 2.11. The number of benzene rings is 2. The van der Waals surface area contributed by atoms with Crippen LogP contribution in [0.5, 0.6) is 0 Å². The van der Waals surface area contributed by atoms with Crippen LogP contribution in [-0.4, -0.2) is 9.97 Å². The van der Waals surface area contributed by atoms with Crippen molar-refractivity contribution < 1.29 is 0 Å². The number of nitrogens with zero attached hydrogens (tertiary/aromatic N) is 2. The minimum Gasteiger partial charge on any atom is -0.241 e. The number of hydrogen-bond donors (Lipinski definition) is 0. The van der Waals surface area contributed by atoms with Gasteiger partial charge in [0.2, 0.25) is 0 Å². The van der Waals surface area contributed by atoms with Gasteiger partial charge in [-0.15, -0.1) is 0 Å². The second-order valence-electron chi connectivity index (χ2n) is 6.48. The molecule has 2 aromatic carbocycles. The van der Waals surface area contributed by atoms with Gasteiger partial charge in [0.05, 0.1) is 0 Å². The van der Waals surface area contributed by atoms with Gasteiger partial charge in [0.15, 0.2) is 0 Å². The predicted octanol–water partition coefficient (Wildman–Crippen LogP) is 4.66. The summed E-state index contributed by atoms with van der Waals surface area (Å²) in [5.41, 5.74) is 6.57. The van der Waals surface area contributed by atoms with Gasteiger partial charge in [-0.3, -0.25) is 0 Å². The second kappa shape index (κ2) is 7.87. The van der Waals surface area contributed by atoms with Crippen LogP contribution in [0.3, 0.4) is 0 Å². The summed E-state index contributed by atoms with van der Waals surface area (Å²) in [6.07, 6.45) is 7.83. The molecule has 0 spiro atoms. The van der Waals surface area contributed by atoms with Crippen LogP contribution in [0.4, 0.5) is 0 Å². The van der Waals surface area contributed by atoms with E-state index in [0.29, 0.717) is 0 Å². The molecular weight excluding hydrogens is 292 g/mol. The van der Waals surface area contributed by atoms with Crippen LogP contribution in [0, 0.1) is 13.8 Å². The van der Waals surface area contributed by atoms with Crippen molar-refractivity contribution in [2.75, 3.05) is 0 Å². The summed E-state index contributed by atoms with van der Waals surface area (Å²) in [7, 11) is 0. The molecule has 0 aliphatic heterocycles. The van der Waals surface area contributed by atoms with Gasteiger partial charge in [-0.2, -0.15) is 0 Å². The highest BCUT2D eigenvalue weighted by atomic mass is 14.9. The molecule has 0 saturated carbocycles. The van der Waals surface area contributed by atoms with Crippen LogP contribution in [0.15, 0.2) is 60.9 Å². The molecule has 1 aromatic heterocycles. The van der Waals surface area contributed by atoms with Crippen molar-refractivity contribution in [2.24, 2.45) is 0 Å². The molecule has 3 aromatic rings. The normalized spacial score (nSPS) is 10.8. The minimum absolute atomic E-state index is 0.892. The van der Waals surface area contributed by atoms with Crippen LogP contribution in [-0.2, 0) is 25.7 Å². The summed E-state index contributed by atoms with van der Waals surface area (Å²) < 4.78 is 0. The number of aromatic nitrogens is 2. The summed E-state index contributed by atoms with van der Waals surface area (Å²) in [5.74, 6) is 0.920. The Kier molecular flexibility index (Phi) is 5.37. The number of hydrogen-bond acceptors (Lipinski definition) is 2. The van der Waals surface area contributed by atoms with Crippen molar-refractivity contribution in [3.05, 3.63) is 94.6 Å². The van der Waals surface area contributed by atoms with E-state index in [2.05, 4.69) is 65.4 Å². The number of rotatable bonds is 6. The van der Waals surface area contributed by atoms with Crippen LogP contribution < -0.4 is 0 Å². The van der Waals surface area contributed by atoms with Crippen molar-refractivity contribution >= 4 is 0 Å². The molecule has 0 N–H and O–H groups in total. The van der Waals surface area contributed by atoms with Gasteiger partial charge in [-0.1, -0.05) is 54.1 Å². The van der Waals surface area contributed by atoms with E-state index in [1.54, 1.807) is 0 Å². The first-order valence-electron chi connectivity index (χ1n) is 8.60. The zero-order chi connectivity index (χ0) is 16.8. The maximum atomic E-state index is 4.37. The fraction of sp³-hybridized carbons (Fsp3) is 0.273. The minimum atomic E-state index is 0.892. The maximum Gasteiger partial charge on any atom is 0.128 e. The van der Waals surface area contributed by atoms with E-state index >= 15 is 0 Å². The van der Waals surface area contributed by atoms with Gasteiger partial charge in [-0.05, 0) is 55.4 Å². The lowest BCUT2D eigenvalue weighted by molar-refractivity contribution is 0.851. The number of aryl methyl sites for hydroxylation is 6. The lowest BCUT2D eigenvalue weighted by Gasteiger charge is -2.05. The molecule has 0 saturated heterocycles. The van der Waals surface area contributed by atoms with Crippen LogP contribution in [0.2, 0.25) is 0 Å². The molecule has 0 aliphatic rings. The molecule has 0 aliphatic carbocycles. The summed E-state index contributed by atoms with van der Waals surface area (Å²) in [4.78, 5) is 8.74. The van der Waals surface area contributed by atoms with Gasteiger partial charge < -0.3 is 0 Å². The van der Waals surface area contributed by atoms with Gasteiger partial charge >= 0.3 is 0 Å². The van der Waals surface area contributed by atoms with E-state index in [4.69, 9.17) is 0 Å². The van der Waals surface area contributed by atoms with E-state index in [9.17, 15) is 0 Å². The van der Waals surface area contributed by atoms with Gasteiger partial charge in [0.1, 0.15) is 5.82 Å². The maximum absolute atomic E-state index is 4.37. The fourth-order valence-corrected chi connectivity index (χ4v) is 2.72. The SMILES string of the molecule is Cc1ccc(CCc2ccc(CCc3ncc(C)cn3)cc2)cc1. The molecule has 1 heterocycles. The topological polar surface area (TPSA) is 25.8 Å². The Hall–Kier alpha value is -2.48. The largest absolute Gasteiger partial charge is 0.241 e. The van der Waals surface area contributed by atoms with Crippen molar-refractivity contribution in [1.82, 2.24) is 9.97 Å². The van der Waals surface area contributed by atoms with Crippen LogP contribution in [0.1, 0.15) is 33.6 Å². The molecule has 0 bridgehead atoms. The van der Waals surface area contributed by atoms with Crippen molar-refractivity contribution in [2.45, 2.75) is 39.5 Å². The highest BCUT2D eigenvalue weighted by Gasteiger charge is 2.00. The average Bonchev–Trinajstić information content (AvgIpc) is 2.62. The molecule has 0 fully saturated rings. The second-order valence-corrected chi connectivity index (χ2v) is 6.48. The lowest BCUT2D eigenvalue weighted by atomic mass is 10.0. The smallest absolute Gasteiger partial charge is 0.128 e. The Bertz CT molecular complexity index is 688. The molecule has 122 valence electrons. The van der Waals surface area contributed by atoms with E-state index in [1.807, 2.05) is 19.3 Å². The molecule has 24 heavy (non-hydrogen) atoms. The van der Waals surface area contributed by atoms with E-state index in [1.165, 1.54) is 22.3 Å². The fourth-order valence-electron chi connectivity index (χ4n) is 2.72. The van der Waals surface area contributed by atoms with Gasteiger partial charge in [0, 0.05) is 18.8 Å². The van der Waals surface area contributed by atoms with Crippen molar-refractivity contribution in [3.63, 3.8) is 0 Å². The highest BCUT2D eigenvalue weighted by molar-refractivity contribution is 5.26. The Morgan fingerprint density at radius 1 is 0.542 bits per heavy atom. The molecule has 0 atom stereocenters. The molecule has 3 rings (SSSR count). The van der Waals surface area contributed by atoms with E-state index < -0.39 is 0 Å². The summed E-state index contributed by atoms with van der Waals surface area (Å²) in [5, 5.41) is 0. The first-order valence-corrected chi connectivity index (χ1v) is 8.60. The Labute approximate surface area is 144 Å². The molecule has 2 nitrogen and oxygen atoms in total. The first-order chi connectivity index (χ1) is 11.7. The molecule has 0 unspecified atom stereocenters. The molecular formula is C22H24N2. The van der Waals surface area contributed by atoms with Crippen LogP contribution in [0.25, 0.3) is 0 Å². The predicted molar refractivity (Wildman–Crippen MR) is 99.2 cm³/mol. The Morgan fingerprint density at radius 3 is 1.46 bits per heavy atom. The van der Waals surface area contributed by atoms with Gasteiger partial charge in [-0.25, -0.2) is 9.97 Å². The zero-order valence-corrected chi connectivity index (χ0v) is 14.5. The van der Waals surface area contributed by atoms with E-state index in [-0.39, 0.29) is 0 Å². The van der Waals surface area contributed by atoms with Crippen molar-refractivity contribution in [1.29, 1.82) is 0 Å². The van der Waals surface area contributed by atoms with Gasteiger partial charge in [0.25, 0.3) is 0 Å².